The fourth-order valence-electron chi connectivity index (χ4n) is 1.45. The highest BCUT2D eigenvalue weighted by molar-refractivity contribution is 5.34. The van der Waals surface area contributed by atoms with Crippen LogP contribution in [0.2, 0.25) is 0 Å². The quantitative estimate of drug-likeness (QED) is 0.578. The molecule has 2 heteroatoms. The third-order valence-corrected chi connectivity index (χ3v) is 2.19. The summed E-state index contributed by atoms with van der Waals surface area (Å²) in [6.45, 7) is 0. The van der Waals surface area contributed by atoms with Crippen LogP contribution < -0.4 is 0 Å². The Kier molecular flexibility index (Phi) is 2.92. The van der Waals surface area contributed by atoms with Crippen LogP contribution in [0.15, 0.2) is 30.1 Å². The highest BCUT2D eigenvalue weighted by Gasteiger charge is 1.99. The van der Waals surface area contributed by atoms with Gasteiger partial charge in [0, 0.05) is 12.4 Å². The van der Waals surface area contributed by atoms with Crippen molar-refractivity contribution in [1.29, 1.82) is 0 Å². The summed E-state index contributed by atoms with van der Waals surface area (Å²) in [6, 6.07) is 1.80. The van der Waals surface area contributed by atoms with Crippen LogP contribution >= 0.6 is 0 Å². The Hall–Kier alpha value is -1.62. The monoisotopic (exact) mass is 184 g/mol. The molecule has 0 aliphatic heterocycles. The van der Waals surface area contributed by atoms with Gasteiger partial charge in [0.05, 0.1) is 0 Å². The van der Waals surface area contributed by atoms with Crippen molar-refractivity contribution in [1.82, 2.24) is 9.97 Å². The van der Waals surface area contributed by atoms with E-state index in [1.165, 1.54) is 24.8 Å². The predicted octanol–water partition coefficient (Wildman–Crippen LogP) is 2.33. The molecule has 1 aromatic heterocycles. The Balaban J connectivity index is 2.10. The van der Waals surface area contributed by atoms with Crippen molar-refractivity contribution in [2.24, 2.45) is 0 Å². The minimum absolute atomic E-state index is 0.610. The summed E-state index contributed by atoms with van der Waals surface area (Å²) in [5.74, 6) is 6.71. The summed E-state index contributed by atoms with van der Waals surface area (Å²) < 4.78 is 0. The van der Waals surface area contributed by atoms with Gasteiger partial charge >= 0.3 is 0 Å². The summed E-state index contributed by atoms with van der Waals surface area (Å²) >= 11 is 0. The fourth-order valence-corrected chi connectivity index (χ4v) is 1.45. The highest BCUT2D eigenvalue weighted by atomic mass is 14.8. The van der Waals surface area contributed by atoms with Crippen LogP contribution in [0.5, 0.6) is 0 Å². The third kappa shape index (κ3) is 2.43. The average molecular weight is 184 g/mol. The molecule has 0 N–H and O–H groups in total. The zero-order valence-electron chi connectivity index (χ0n) is 8.03. The first kappa shape index (κ1) is 8.96. The smallest absolute Gasteiger partial charge is 0.205 e. The van der Waals surface area contributed by atoms with Gasteiger partial charge in [-0.05, 0) is 43.2 Å². The van der Waals surface area contributed by atoms with Gasteiger partial charge in [-0.25, -0.2) is 9.97 Å². The zero-order chi connectivity index (χ0) is 9.64. The van der Waals surface area contributed by atoms with Gasteiger partial charge in [-0.3, -0.25) is 0 Å². The number of aromatic nitrogens is 2. The summed E-state index contributed by atoms with van der Waals surface area (Å²) in [5, 5.41) is 0. The largest absolute Gasteiger partial charge is 0.229 e. The van der Waals surface area contributed by atoms with Crippen LogP contribution in [0.25, 0.3) is 0 Å². The highest BCUT2D eigenvalue weighted by Crippen LogP contribution is 2.16. The number of rotatable bonds is 0. The molecule has 0 saturated heterocycles. The topological polar surface area (TPSA) is 25.8 Å². The van der Waals surface area contributed by atoms with E-state index in [0.717, 1.165) is 6.42 Å². The van der Waals surface area contributed by atoms with E-state index in [0.29, 0.717) is 5.82 Å². The van der Waals surface area contributed by atoms with Gasteiger partial charge < -0.3 is 0 Å². The maximum absolute atomic E-state index is 4.05. The predicted molar refractivity (Wildman–Crippen MR) is 55.5 cm³/mol. The van der Waals surface area contributed by atoms with Crippen molar-refractivity contribution in [3.8, 4) is 11.8 Å². The molecule has 0 spiro atoms. The van der Waals surface area contributed by atoms with E-state index in [2.05, 4.69) is 27.9 Å². The lowest BCUT2D eigenvalue weighted by atomic mass is 10.0. The van der Waals surface area contributed by atoms with E-state index in [4.69, 9.17) is 0 Å². The lowest BCUT2D eigenvalue weighted by Crippen LogP contribution is -1.90. The van der Waals surface area contributed by atoms with Crippen molar-refractivity contribution in [3.05, 3.63) is 35.9 Å². The summed E-state index contributed by atoms with van der Waals surface area (Å²) in [4.78, 5) is 8.10. The molecule has 0 unspecified atom stereocenters. The molecule has 1 heterocycles. The Morgan fingerprint density at radius 2 is 1.93 bits per heavy atom. The summed E-state index contributed by atoms with van der Waals surface area (Å²) in [6.07, 6.45) is 10.5. The van der Waals surface area contributed by atoms with Gasteiger partial charge in [0.2, 0.25) is 5.82 Å². The molecule has 2 rings (SSSR count). The van der Waals surface area contributed by atoms with Crippen LogP contribution in [-0.4, -0.2) is 9.97 Å². The third-order valence-electron chi connectivity index (χ3n) is 2.19. The van der Waals surface area contributed by atoms with E-state index >= 15 is 0 Å². The maximum atomic E-state index is 4.05. The Labute approximate surface area is 84.1 Å². The SMILES string of the molecule is C(#Cc1ncccn1)C1=CCCCC1. The minimum Gasteiger partial charge on any atom is -0.229 e. The molecule has 14 heavy (non-hydrogen) atoms. The number of allylic oxidation sites excluding steroid dienone is 2. The lowest BCUT2D eigenvalue weighted by Gasteiger charge is -2.05. The van der Waals surface area contributed by atoms with E-state index in [9.17, 15) is 0 Å². The molecule has 1 aliphatic carbocycles. The van der Waals surface area contributed by atoms with Crippen molar-refractivity contribution in [3.63, 3.8) is 0 Å². The molecule has 2 nitrogen and oxygen atoms in total. The summed E-state index contributed by atoms with van der Waals surface area (Å²) in [7, 11) is 0. The second kappa shape index (κ2) is 4.57. The second-order valence-corrected chi connectivity index (χ2v) is 3.30. The number of hydrogen-bond acceptors (Lipinski definition) is 2. The lowest BCUT2D eigenvalue weighted by molar-refractivity contribution is 0.715. The molecule has 0 aromatic carbocycles. The zero-order valence-corrected chi connectivity index (χ0v) is 8.03. The van der Waals surface area contributed by atoms with Crippen molar-refractivity contribution in [2.75, 3.05) is 0 Å². The first-order valence-electron chi connectivity index (χ1n) is 4.93. The first-order chi connectivity index (χ1) is 6.95. The van der Waals surface area contributed by atoms with E-state index in [1.54, 1.807) is 18.5 Å². The van der Waals surface area contributed by atoms with Crippen LogP contribution in [0, 0.1) is 11.8 Å². The van der Waals surface area contributed by atoms with Crippen LogP contribution in [-0.2, 0) is 0 Å². The Morgan fingerprint density at radius 1 is 1.07 bits per heavy atom. The van der Waals surface area contributed by atoms with E-state index in [1.807, 2.05) is 0 Å². The molecular formula is C12H12N2. The molecule has 1 aliphatic rings. The van der Waals surface area contributed by atoms with Gasteiger partial charge in [-0.2, -0.15) is 0 Å². The van der Waals surface area contributed by atoms with Crippen molar-refractivity contribution >= 4 is 0 Å². The fraction of sp³-hybridized carbons (Fsp3) is 0.333. The van der Waals surface area contributed by atoms with Crippen LogP contribution in [0.3, 0.4) is 0 Å². The van der Waals surface area contributed by atoms with Gasteiger partial charge in [-0.1, -0.05) is 12.0 Å². The summed E-state index contributed by atoms with van der Waals surface area (Å²) in [5.41, 5.74) is 1.24. The number of nitrogens with zero attached hydrogens (tertiary/aromatic N) is 2. The molecule has 0 fully saturated rings. The minimum atomic E-state index is 0.610. The van der Waals surface area contributed by atoms with Crippen LogP contribution in [0.4, 0.5) is 0 Å². The van der Waals surface area contributed by atoms with Gasteiger partial charge in [0.1, 0.15) is 0 Å². The molecule has 0 amide bonds. The van der Waals surface area contributed by atoms with E-state index < -0.39 is 0 Å². The first-order valence-corrected chi connectivity index (χ1v) is 4.93. The average Bonchev–Trinajstić information content (AvgIpc) is 2.29. The van der Waals surface area contributed by atoms with Gasteiger partial charge in [-0.15, -0.1) is 0 Å². The molecule has 0 bridgehead atoms. The maximum Gasteiger partial charge on any atom is 0.205 e. The molecule has 0 radical (unpaired) electrons. The molecule has 0 saturated carbocycles. The van der Waals surface area contributed by atoms with E-state index in [-0.39, 0.29) is 0 Å². The molecule has 70 valence electrons. The standard InChI is InChI=1S/C12H12N2/c1-2-5-11(6-3-1)7-8-12-13-9-4-10-14-12/h4-5,9-10H,1-3,6H2. The van der Waals surface area contributed by atoms with Crippen LogP contribution in [0.1, 0.15) is 31.5 Å². The molecular weight excluding hydrogens is 172 g/mol. The normalized spacial score (nSPS) is 15.3. The molecule has 0 atom stereocenters. The van der Waals surface area contributed by atoms with Gasteiger partial charge in [0.25, 0.3) is 0 Å². The number of hydrogen-bond donors (Lipinski definition) is 0. The molecule has 1 aromatic rings. The Bertz CT molecular complexity index is 382. The Morgan fingerprint density at radius 3 is 2.64 bits per heavy atom. The van der Waals surface area contributed by atoms with Gasteiger partial charge in [0.15, 0.2) is 0 Å². The van der Waals surface area contributed by atoms with Crippen molar-refractivity contribution in [2.45, 2.75) is 25.7 Å². The van der Waals surface area contributed by atoms with Crippen molar-refractivity contribution < 1.29 is 0 Å². The second-order valence-electron chi connectivity index (χ2n) is 3.30.